The first-order chi connectivity index (χ1) is 12.4. The van der Waals surface area contributed by atoms with E-state index >= 15 is 0 Å². The topological polar surface area (TPSA) is 98.7 Å². The van der Waals surface area contributed by atoms with Gasteiger partial charge in [-0.05, 0) is 25.5 Å². The molecule has 1 aliphatic heterocycles. The predicted molar refractivity (Wildman–Crippen MR) is 92.8 cm³/mol. The van der Waals surface area contributed by atoms with Crippen LogP contribution in [0.5, 0.6) is 11.8 Å². The smallest absolute Gasteiger partial charge is 0.243 e. The standard InChI is InChI=1S/C17H19N3O5S/c1-12(21)13-3-5-15(6-4-13)26(22,23)20-10-9-14(11-20)25-17-8-7-16(24-2)18-19-17/h3-8,14H,9-11H2,1-2H3. The number of hydrogen-bond acceptors (Lipinski definition) is 7. The van der Waals surface area contributed by atoms with Gasteiger partial charge in [0.15, 0.2) is 5.78 Å². The van der Waals surface area contributed by atoms with Crippen LogP contribution in [0.15, 0.2) is 41.3 Å². The van der Waals surface area contributed by atoms with Crippen LogP contribution in [0.2, 0.25) is 0 Å². The number of benzene rings is 1. The van der Waals surface area contributed by atoms with E-state index in [2.05, 4.69) is 10.2 Å². The highest BCUT2D eigenvalue weighted by Crippen LogP contribution is 2.24. The molecule has 8 nitrogen and oxygen atoms in total. The van der Waals surface area contributed by atoms with Crippen molar-refractivity contribution in [3.63, 3.8) is 0 Å². The lowest BCUT2D eigenvalue weighted by molar-refractivity contribution is 0.101. The van der Waals surface area contributed by atoms with Crippen molar-refractivity contribution >= 4 is 15.8 Å². The van der Waals surface area contributed by atoms with Crippen LogP contribution in [0.3, 0.4) is 0 Å². The van der Waals surface area contributed by atoms with Gasteiger partial charge in [0, 0.05) is 24.2 Å². The third-order valence-corrected chi connectivity index (χ3v) is 6.00. The molecule has 0 saturated carbocycles. The Morgan fingerprint density at radius 2 is 1.77 bits per heavy atom. The molecule has 26 heavy (non-hydrogen) atoms. The van der Waals surface area contributed by atoms with Crippen molar-refractivity contribution in [2.75, 3.05) is 20.2 Å². The molecule has 0 radical (unpaired) electrons. The van der Waals surface area contributed by atoms with Gasteiger partial charge >= 0.3 is 0 Å². The van der Waals surface area contributed by atoms with Crippen LogP contribution in [0.25, 0.3) is 0 Å². The van der Waals surface area contributed by atoms with Crippen molar-refractivity contribution in [3.8, 4) is 11.8 Å². The summed E-state index contributed by atoms with van der Waals surface area (Å²) in [5.41, 5.74) is 0.477. The minimum absolute atomic E-state index is 0.107. The summed E-state index contributed by atoms with van der Waals surface area (Å²) in [6.45, 7) is 2.02. The number of sulfonamides is 1. The summed E-state index contributed by atoms with van der Waals surface area (Å²) in [4.78, 5) is 11.5. The van der Waals surface area contributed by atoms with E-state index in [-0.39, 0.29) is 23.3 Å². The van der Waals surface area contributed by atoms with Gasteiger partial charge in [-0.3, -0.25) is 4.79 Å². The summed E-state index contributed by atoms with van der Waals surface area (Å²) in [5, 5.41) is 7.71. The summed E-state index contributed by atoms with van der Waals surface area (Å²) < 4.78 is 37.5. The summed E-state index contributed by atoms with van der Waals surface area (Å²) in [6, 6.07) is 9.20. The van der Waals surface area contributed by atoms with Crippen molar-refractivity contribution < 1.29 is 22.7 Å². The lowest BCUT2D eigenvalue weighted by Gasteiger charge is -2.17. The number of nitrogens with zero attached hydrogens (tertiary/aromatic N) is 3. The molecule has 1 saturated heterocycles. The fourth-order valence-corrected chi connectivity index (χ4v) is 4.16. The first-order valence-corrected chi connectivity index (χ1v) is 9.49. The Kier molecular flexibility index (Phi) is 5.19. The highest BCUT2D eigenvalue weighted by Gasteiger charge is 2.33. The quantitative estimate of drug-likeness (QED) is 0.704. The number of ketones is 1. The number of carbonyl (C=O) groups excluding carboxylic acids is 1. The average Bonchev–Trinajstić information content (AvgIpc) is 3.12. The van der Waals surface area contributed by atoms with Crippen LogP contribution < -0.4 is 9.47 Å². The van der Waals surface area contributed by atoms with Gasteiger partial charge in [0.25, 0.3) is 0 Å². The minimum Gasteiger partial charge on any atom is -0.480 e. The van der Waals surface area contributed by atoms with Crippen molar-refractivity contribution in [2.24, 2.45) is 0 Å². The Labute approximate surface area is 151 Å². The molecule has 3 rings (SSSR count). The summed E-state index contributed by atoms with van der Waals surface area (Å²) in [5.74, 6) is 0.590. The Morgan fingerprint density at radius 3 is 2.35 bits per heavy atom. The second kappa shape index (κ2) is 7.38. The van der Waals surface area contributed by atoms with E-state index in [1.54, 1.807) is 12.1 Å². The zero-order valence-electron chi connectivity index (χ0n) is 14.5. The van der Waals surface area contributed by atoms with E-state index in [4.69, 9.17) is 9.47 Å². The molecule has 1 unspecified atom stereocenters. The van der Waals surface area contributed by atoms with Crippen molar-refractivity contribution in [1.29, 1.82) is 0 Å². The Balaban J connectivity index is 1.67. The van der Waals surface area contributed by atoms with Crippen LogP contribution in [-0.4, -0.2) is 55.0 Å². The molecule has 2 heterocycles. The molecule has 1 atom stereocenters. The third kappa shape index (κ3) is 3.83. The normalized spacial score (nSPS) is 17.8. The van der Waals surface area contributed by atoms with Crippen LogP contribution in [0.1, 0.15) is 23.7 Å². The molecule has 0 bridgehead atoms. The lowest BCUT2D eigenvalue weighted by atomic mass is 10.2. The fraction of sp³-hybridized carbons (Fsp3) is 0.353. The summed E-state index contributed by atoms with van der Waals surface area (Å²) in [6.07, 6.45) is 0.252. The highest BCUT2D eigenvalue weighted by atomic mass is 32.2. The summed E-state index contributed by atoms with van der Waals surface area (Å²) in [7, 11) is -2.14. The molecule has 0 amide bonds. The number of hydrogen-bond donors (Lipinski definition) is 0. The molecule has 1 aromatic heterocycles. The van der Waals surface area contributed by atoms with Gasteiger partial charge in [0.05, 0.1) is 18.6 Å². The van der Waals surface area contributed by atoms with Crippen molar-refractivity contribution in [2.45, 2.75) is 24.3 Å². The molecule has 1 aromatic carbocycles. The van der Waals surface area contributed by atoms with E-state index in [0.717, 1.165) is 0 Å². The first-order valence-electron chi connectivity index (χ1n) is 8.05. The number of aromatic nitrogens is 2. The van der Waals surface area contributed by atoms with Crippen LogP contribution in [-0.2, 0) is 10.0 Å². The second-order valence-corrected chi connectivity index (χ2v) is 7.82. The maximum Gasteiger partial charge on any atom is 0.243 e. The number of rotatable bonds is 6. The lowest BCUT2D eigenvalue weighted by Crippen LogP contribution is -2.31. The van der Waals surface area contributed by atoms with Gasteiger partial charge in [0.2, 0.25) is 21.8 Å². The fourth-order valence-electron chi connectivity index (χ4n) is 2.67. The monoisotopic (exact) mass is 377 g/mol. The van der Waals surface area contributed by atoms with Gasteiger partial charge in [-0.15, -0.1) is 10.2 Å². The molecular weight excluding hydrogens is 358 g/mol. The number of methoxy groups -OCH3 is 1. The number of ether oxygens (including phenoxy) is 2. The highest BCUT2D eigenvalue weighted by molar-refractivity contribution is 7.89. The van der Waals surface area contributed by atoms with E-state index in [1.165, 1.54) is 42.6 Å². The van der Waals surface area contributed by atoms with Crippen molar-refractivity contribution in [1.82, 2.24) is 14.5 Å². The molecule has 1 aliphatic rings. The number of Topliss-reactive ketones (excluding diaryl/α,β-unsaturated/α-hetero) is 1. The van der Waals surface area contributed by atoms with Gasteiger partial charge in [-0.25, -0.2) is 8.42 Å². The zero-order chi connectivity index (χ0) is 18.7. The van der Waals surface area contributed by atoms with Crippen molar-refractivity contribution in [3.05, 3.63) is 42.0 Å². The number of carbonyl (C=O) groups is 1. The molecule has 2 aromatic rings. The van der Waals surface area contributed by atoms with Gasteiger partial charge in [-0.1, -0.05) is 12.1 Å². The Bertz CT molecular complexity index is 882. The molecule has 0 N–H and O–H groups in total. The zero-order valence-corrected chi connectivity index (χ0v) is 15.3. The van der Waals surface area contributed by atoms with Crippen LogP contribution in [0, 0.1) is 0 Å². The maximum atomic E-state index is 12.7. The predicted octanol–water partition coefficient (Wildman–Crippen LogP) is 1.53. The third-order valence-electron chi connectivity index (χ3n) is 4.12. The van der Waals surface area contributed by atoms with Gasteiger partial charge in [-0.2, -0.15) is 4.31 Å². The molecule has 1 fully saturated rings. The molecule has 0 spiro atoms. The molecule has 9 heteroatoms. The second-order valence-electron chi connectivity index (χ2n) is 5.89. The molecular formula is C17H19N3O5S. The van der Waals surface area contributed by atoms with Gasteiger partial charge < -0.3 is 9.47 Å². The average molecular weight is 377 g/mol. The minimum atomic E-state index is -3.63. The maximum absolute atomic E-state index is 12.7. The molecule has 0 aliphatic carbocycles. The van der Waals surface area contributed by atoms with E-state index in [1.807, 2.05) is 0 Å². The largest absolute Gasteiger partial charge is 0.480 e. The van der Waals surface area contributed by atoms with E-state index < -0.39 is 10.0 Å². The van der Waals surface area contributed by atoms with Crippen LogP contribution >= 0.6 is 0 Å². The molecule has 138 valence electrons. The van der Waals surface area contributed by atoms with E-state index in [9.17, 15) is 13.2 Å². The van der Waals surface area contributed by atoms with Gasteiger partial charge in [0.1, 0.15) is 6.10 Å². The first kappa shape index (κ1) is 18.3. The summed E-state index contributed by atoms with van der Waals surface area (Å²) >= 11 is 0. The Morgan fingerprint density at radius 1 is 1.12 bits per heavy atom. The van der Waals surface area contributed by atoms with Crippen LogP contribution in [0.4, 0.5) is 0 Å². The SMILES string of the molecule is COc1ccc(OC2CCN(S(=O)(=O)c3ccc(C(C)=O)cc3)C2)nn1. The van der Waals surface area contributed by atoms with E-state index in [0.29, 0.717) is 30.3 Å². The Hall–Kier alpha value is -2.52.